The molecule has 0 aromatic heterocycles. The Kier molecular flexibility index (Phi) is 5.14. The molecule has 0 amide bonds. The van der Waals surface area contributed by atoms with Crippen molar-refractivity contribution in [2.45, 2.75) is 26.9 Å². The molecule has 0 aliphatic heterocycles. The van der Waals surface area contributed by atoms with E-state index >= 15 is 0 Å². The van der Waals surface area contributed by atoms with E-state index in [-0.39, 0.29) is 5.78 Å². The van der Waals surface area contributed by atoms with Crippen LogP contribution in [0.2, 0.25) is 0 Å². The molecule has 0 saturated carbocycles. The van der Waals surface area contributed by atoms with E-state index in [1.165, 1.54) is 0 Å². The number of aryl methyl sites for hydroxylation is 2. The second-order valence-corrected chi connectivity index (χ2v) is 6.13. The fraction of sp³-hybridized carbons (Fsp3) is 0.222. The van der Waals surface area contributed by atoms with E-state index in [2.05, 4.69) is 15.9 Å². The van der Waals surface area contributed by atoms with E-state index in [9.17, 15) is 9.59 Å². The maximum Gasteiger partial charge on any atom is 0.338 e. The molecule has 0 heterocycles. The molecule has 0 N–H and O–H groups in total. The molecular formula is C18H17BrO3. The minimum Gasteiger partial charge on any atom is -0.451 e. The third-order valence-corrected chi connectivity index (χ3v) is 4.05. The fourth-order valence-corrected chi connectivity index (χ4v) is 2.26. The van der Waals surface area contributed by atoms with Gasteiger partial charge in [-0.25, -0.2) is 4.79 Å². The van der Waals surface area contributed by atoms with Gasteiger partial charge in [-0.05, 0) is 56.2 Å². The molecule has 114 valence electrons. The van der Waals surface area contributed by atoms with Crippen LogP contribution >= 0.6 is 15.9 Å². The molecule has 0 spiro atoms. The minimum atomic E-state index is -0.824. The quantitative estimate of drug-likeness (QED) is 0.595. The number of Topliss-reactive ketones (excluding diaryl/α,β-unsaturated/α-hetero) is 1. The Bertz CT molecular complexity index is 705. The minimum absolute atomic E-state index is 0.218. The van der Waals surface area contributed by atoms with Crippen molar-refractivity contribution >= 4 is 27.7 Å². The van der Waals surface area contributed by atoms with E-state index in [0.717, 1.165) is 15.6 Å². The summed E-state index contributed by atoms with van der Waals surface area (Å²) >= 11 is 3.32. The van der Waals surface area contributed by atoms with Crippen molar-refractivity contribution in [1.82, 2.24) is 0 Å². The van der Waals surface area contributed by atoms with Crippen LogP contribution in [0.3, 0.4) is 0 Å². The summed E-state index contributed by atoms with van der Waals surface area (Å²) in [5, 5.41) is 0. The largest absolute Gasteiger partial charge is 0.451 e. The Morgan fingerprint density at radius 2 is 1.55 bits per heavy atom. The Balaban J connectivity index is 2.08. The fourth-order valence-electron chi connectivity index (χ4n) is 2.00. The summed E-state index contributed by atoms with van der Waals surface area (Å²) in [4.78, 5) is 24.4. The first-order valence-electron chi connectivity index (χ1n) is 6.96. The summed E-state index contributed by atoms with van der Waals surface area (Å²) in [6, 6.07) is 12.3. The Hall–Kier alpha value is -1.94. The second kappa shape index (κ2) is 6.88. The van der Waals surface area contributed by atoms with Crippen LogP contribution in [0.15, 0.2) is 46.9 Å². The summed E-state index contributed by atoms with van der Waals surface area (Å²) in [6.45, 7) is 5.50. The van der Waals surface area contributed by atoms with Crippen LogP contribution in [0.1, 0.15) is 38.8 Å². The van der Waals surface area contributed by atoms with Crippen LogP contribution in [0.5, 0.6) is 0 Å². The number of carbonyl (C=O) groups excluding carboxylic acids is 2. The zero-order valence-electron chi connectivity index (χ0n) is 12.7. The second-order valence-electron chi connectivity index (χ2n) is 5.22. The van der Waals surface area contributed by atoms with Crippen LogP contribution in [0.4, 0.5) is 0 Å². The summed E-state index contributed by atoms with van der Waals surface area (Å²) in [5.41, 5.74) is 3.10. The van der Waals surface area contributed by atoms with Gasteiger partial charge in [0.1, 0.15) is 0 Å². The molecule has 1 atom stereocenters. The van der Waals surface area contributed by atoms with Crippen molar-refractivity contribution in [3.63, 3.8) is 0 Å². The molecule has 0 fully saturated rings. The van der Waals surface area contributed by atoms with Crippen molar-refractivity contribution in [2.24, 2.45) is 0 Å². The van der Waals surface area contributed by atoms with Crippen molar-refractivity contribution in [1.29, 1.82) is 0 Å². The number of esters is 1. The molecule has 0 radical (unpaired) electrons. The van der Waals surface area contributed by atoms with E-state index in [1.807, 2.05) is 19.9 Å². The number of carbonyl (C=O) groups is 2. The third kappa shape index (κ3) is 3.83. The summed E-state index contributed by atoms with van der Waals surface area (Å²) in [7, 11) is 0. The van der Waals surface area contributed by atoms with E-state index < -0.39 is 12.1 Å². The molecule has 4 heteroatoms. The molecule has 2 aromatic carbocycles. The third-order valence-electron chi connectivity index (χ3n) is 3.52. The lowest BCUT2D eigenvalue weighted by Crippen LogP contribution is -2.24. The predicted molar refractivity (Wildman–Crippen MR) is 89.3 cm³/mol. The van der Waals surface area contributed by atoms with Gasteiger partial charge in [-0.15, -0.1) is 0 Å². The molecule has 0 unspecified atom stereocenters. The number of ketones is 1. The Labute approximate surface area is 138 Å². The average Bonchev–Trinajstić information content (AvgIpc) is 2.50. The van der Waals surface area contributed by atoms with Gasteiger partial charge in [0.05, 0.1) is 5.56 Å². The van der Waals surface area contributed by atoms with Crippen molar-refractivity contribution in [3.8, 4) is 0 Å². The predicted octanol–water partition coefficient (Wildman–Crippen LogP) is 4.49. The van der Waals surface area contributed by atoms with Gasteiger partial charge in [0.25, 0.3) is 0 Å². The smallest absolute Gasteiger partial charge is 0.338 e. The van der Waals surface area contributed by atoms with Gasteiger partial charge >= 0.3 is 5.97 Å². The number of rotatable bonds is 4. The van der Waals surface area contributed by atoms with Gasteiger partial charge in [-0.2, -0.15) is 0 Å². The first-order chi connectivity index (χ1) is 10.4. The van der Waals surface area contributed by atoms with Gasteiger partial charge < -0.3 is 4.74 Å². The van der Waals surface area contributed by atoms with Gasteiger partial charge in [-0.1, -0.05) is 34.1 Å². The maximum atomic E-state index is 12.3. The normalized spacial score (nSPS) is 11.8. The van der Waals surface area contributed by atoms with E-state index in [0.29, 0.717) is 11.1 Å². The molecule has 22 heavy (non-hydrogen) atoms. The molecule has 2 rings (SSSR count). The van der Waals surface area contributed by atoms with E-state index in [4.69, 9.17) is 4.74 Å². The maximum absolute atomic E-state index is 12.3. The van der Waals surface area contributed by atoms with Gasteiger partial charge in [0.15, 0.2) is 6.10 Å². The lowest BCUT2D eigenvalue weighted by molar-refractivity contribution is 0.0318. The number of ether oxygens (including phenoxy) is 1. The van der Waals surface area contributed by atoms with Crippen LogP contribution in [0, 0.1) is 13.8 Å². The monoisotopic (exact) mass is 360 g/mol. The highest BCUT2D eigenvalue weighted by Gasteiger charge is 2.20. The highest BCUT2D eigenvalue weighted by atomic mass is 79.9. The zero-order valence-corrected chi connectivity index (χ0v) is 14.3. The van der Waals surface area contributed by atoms with Crippen LogP contribution in [0.25, 0.3) is 0 Å². The topological polar surface area (TPSA) is 43.4 Å². The number of halogens is 1. The average molecular weight is 361 g/mol. The number of benzene rings is 2. The lowest BCUT2D eigenvalue weighted by Gasteiger charge is -2.13. The van der Waals surface area contributed by atoms with Crippen LogP contribution in [-0.4, -0.2) is 17.9 Å². The summed E-state index contributed by atoms with van der Waals surface area (Å²) in [5.74, 6) is -0.703. The van der Waals surface area contributed by atoms with E-state index in [1.54, 1.807) is 43.3 Å². The van der Waals surface area contributed by atoms with Gasteiger partial charge in [0.2, 0.25) is 5.78 Å². The van der Waals surface area contributed by atoms with Crippen molar-refractivity contribution < 1.29 is 14.3 Å². The Morgan fingerprint density at radius 1 is 0.955 bits per heavy atom. The molecule has 0 aliphatic carbocycles. The molecule has 2 aromatic rings. The molecule has 3 nitrogen and oxygen atoms in total. The molecule has 0 saturated heterocycles. The summed E-state index contributed by atoms with van der Waals surface area (Å²) in [6.07, 6.45) is -0.824. The first kappa shape index (κ1) is 16.4. The number of hydrogen-bond acceptors (Lipinski definition) is 3. The zero-order chi connectivity index (χ0) is 16.3. The lowest BCUT2D eigenvalue weighted by atomic mass is 10.1. The highest BCUT2D eigenvalue weighted by Crippen LogP contribution is 2.15. The molecule has 0 bridgehead atoms. The summed E-state index contributed by atoms with van der Waals surface area (Å²) < 4.78 is 6.17. The standard InChI is InChI=1S/C18H17BrO3/c1-11-4-5-15(10-12(11)2)18(21)22-13(3)17(20)14-6-8-16(19)9-7-14/h4-10,13H,1-3H3/t13-/m0/s1. The highest BCUT2D eigenvalue weighted by molar-refractivity contribution is 9.10. The van der Waals surface area contributed by atoms with Crippen molar-refractivity contribution in [2.75, 3.05) is 0 Å². The molecular weight excluding hydrogens is 344 g/mol. The SMILES string of the molecule is Cc1ccc(C(=O)O[C@@H](C)C(=O)c2ccc(Br)cc2)cc1C. The van der Waals surface area contributed by atoms with Gasteiger partial charge in [-0.3, -0.25) is 4.79 Å². The number of hydrogen-bond donors (Lipinski definition) is 0. The van der Waals surface area contributed by atoms with Gasteiger partial charge in [0, 0.05) is 10.0 Å². The van der Waals surface area contributed by atoms with Crippen molar-refractivity contribution in [3.05, 3.63) is 69.2 Å². The first-order valence-corrected chi connectivity index (χ1v) is 7.76. The van der Waals surface area contributed by atoms with Crippen LogP contribution < -0.4 is 0 Å². The Morgan fingerprint density at radius 3 is 2.14 bits per heavy atom. The van der Waals surface area contributed by atoms with Crippen LogP contribution in [-0.2, 0) is 4.74 Å². The molecule has 0 aliphatic rings.